The lowest BCUT2D eigenvalue weighted by Gasteiger charge is -2.21. The van der Waals surface area contributed by atoms with Gasteiger partial charge < -0.3 is 10.8 Å². The highest BCUT2D eigenvalue weighted by Gasteiger charge is 2.15. The van der Waals surface area contributed by atoms with Gasteiger partial charge in [0.15, 0.2) is 0 Å². The van der Waals surface area contributed by atoms with Crippen LogP contribution in [0, 0.1) is 0 Å². The molecule has 0 bridgehead atoms. The average Bonchev–Trinajstić information content (AvgIpc) is 1.98. The van der Waals surface area contributed by atoms with Gasteiger partial charge in [0.2, 0.25) is 0 Å². The van der Waals surface area contributed by atoms with E-state index in [1.165, 1.54) is 0 Å². The molecule has 1 atom stereocenters. The summed E-state index contributed by atoms with van der Waals surface area (Å²) in [5.41, 5.74) is 5.40. The Hall–Kier alpha value is 0.270. The molecule has 0 saturated carbocycles. The molecule has 0 aliphatic carbocycles. The molecule has 0 aromatic rings. The Labute approximate surface area is 79.9 Å². The highest BCUT2D eigenvalue weighted by Crippen LogP contribution is 2.15. The van der Waals surface area contributed by atoms with E-state index in [4.69, 9.17) is 10.8 Å². The summed E-state index contributed by atoms with van der Waals surface area (Å²) in [6.07, 6.45) is 2.00. The summed E-state index contributed by atoms with van der Waals surface area (Å²) in [5.74, 6) is 1.14. The predicted molar refractivity (Wildman–Crippen MR) is 56.5 cm³/mol. The van der Waals surface area contributed by atoms with Gasteiger partial charge in [0.05, 0.1) is 6.61 Å². The molecule has 12 heavy (non-hydrogen) atoms. The molecule has 0 aliphatic rings. The van der Waals surface area contributed by atoms with E-state index in [9.17, 15) is 0 Å². The third kappa shape index (κ3) is 6.95. The fraction of sp³-hybridized carbons (Fsp3) is 1.00. The van der Waals surface area contributed by atoms with Crippen LogP contribution in [0.25, 0.3) is 0 Å². The van der Waals surface area contributed by atoms with Crippen LogP contribution in [-0.2, 0) is 0 Å². The number of nitrogens with two attached hydrogens (primary N) is 1. The van der Waals surface area contributed by atoms with Crippen LogP contribution in [0.4, 0.5) is 0 Å². The van der Waals surface area contributed by atoms with Crippen LogP contribution in [0.15, 0.2) is 0 Å². The van der Waals surface area contributed by atoms with E-state index in [1.54, 1.807) is 0 Å². The largest absolute Gasteiger partial charge is 0.394 e. The first-order chi connectivity index (χ1) is 5.48. The van der Waals surface area contributed by atoms with Crippen LogP contribution in [0.1, 0.15) is 33.6 Å². The summed E-state index contributed by atoms with van der Waals surface area (Å²) in [6.45, 7) is 6.36. The molecule has 0 aliphatic heterocycles. The van der Waals surface area contributed by atoms with E-state index in [-0.39, 0.29) is 12.1 Å². The van der Waals surface area contributed by atoms with Gasteiger partial charge in [0, 0.05) is 5.54 Å². The Morgan fingerprint density at radius 2 is 2.08 bits per heavy atom. The molecule has 1 unspecified atom stereocenters. The summed E-state index contributed by atoms with van der Waals surface area (Å²) in [4.78, 5) is 0. The molecular weight excluding hydrogens is 170 g/mol. The fourth-order valence-electron chi connectivity index (χ4n) is 0.874. The molecule has 0 radical (unpaired) electrons. The lowest BCUT2D eigenvalue weighted by Crippen LogP contribution is -2.40. The maximum Gasteiger partial charge on any atom is 0.0608 e. The maximum absolute atomic E-state index is 8.87. The van der Waals surface area contributed by atoms with Crippen LogP contribution < -0.4 is 5.73 Å². The molecule has 74 valence electrons. The molecular formula is C9H21NOS. The second-order valence-electron chi connectivity index (χ2n) is 3.84. The van der Waals surface area contributed by atoms with Crippen molar-refractivity contribution < 1.29 is 5.11 Å². The van der Waals surface area contributed by atoms with Crippen LogP contribution in [-0.4, -0.2) is 28.3 Å². The van der Waals surface area contributed by atoms with Gasteiger partial charge in [-0.15, -0.1) is 0 Å². The standard InChI is InChI=1S/C9H21NOS/c1-8(2)12-6-4-5-9(3,10)7-11/h8,11H,4-7,10H2,1-3H3. The lowest BCUT2D eigenvalue weighted by molar-refractivity contribution is 0.200. The average molecular weight is 191 g/mol. The number of hydrogen-bond acceptors (Lipinski definition) is 3. The Morgan fingerprint density at radius 3 is 2.50 bits per heavy atom. The van der Waals surface area contributed by atoms with Gasteiger partial charge in [-0.25, -0.2) is 0 Å². The molecule has 0 aromatic carbocycles. The Bertz CT molecular complexity index is 115. The third-order valence-electron chi connectivity index (χ3n) is 1.70. The second kappa shape index (κ2) is 5.84. The molecule has 0 fully saturated rings. The zero-order valence-corrected chi connectivity index (χ0v) is 9.16. The molecule has 0 spiro atoms. The monoisotopic (exact) mass is 191 g/mol. The summed E-state index contributed by atoms with van der Waals surface area (Å²) < 4.78 is 0. The quantitative estimate of drug-likeness (QED) is 0.627. The number of thioether (sulfide) groups is 1. The van der Waals surface area contributed by atoms with Crippen molar-refractivity contribution in [3.8, 4) is 0 Å². The van der Waals surface area contributed by atoms with Crippen LogP contribution >= 0.6 is 11.8 Å². The SMILES string of the molecule is CC(C)SCCCC(C)(N)CO. The van der Waals surface area contributed by atoms with Crippen LogP contribution in [0.5, 0.6) is 0 Å². The Morgan fingerprint density at radius 1 is 1.50 bits per heavy atom. The van der Waals surface area contributed by atoms with E-state index >= 15 is 0 Å². The van der Waals surface area contributed by atoms with E-state index in [1.807, 2.05) is 18.7 Å². The first-order valence-corrected chi connectivity index (χ1v) is 5.54. The van der Waals surface area contributed by atoms with Gasteiger partial charge in [-0.2, -0.15) is 11.8 Å². The van der Waals surface area contributed by atoms with Gasteiger partial charge in [-0.3, -0.25) is 0 Å². The number of hydrogen-bond donors (Lipinski definition) is 2. The van der Waals surface area contributed by atoms with Crippen molar-refractivity contribution in [1.82, 2.24) is 0 Å². The van der Waals surface area contributed by atoms with Crippen molar-refractivity contribution in [2.24, 2.45) is 5.73 Å². The molecule has 0 rings (SSSR count). The van der Waals surface area contributed by atoms with Crippen molar-refractivity contribution in [2.75, 3.05) is 12.4 Å². The second-order valence-corrected chi connectivity index (χ2v) is 5.52. The minimum Gasteiger partial charge on any atom is -0.394 e. The molecule has 2 nitrogen and oxygen atoms in total. The number of rotatable bonds is 6. The van der Waals surface area contributed by atoms with Gasteiger partial charge in [-0.1, -0.05) is 13.8 Å². The Balaban J connectivity index is 3.31. The zero-order valence-electron chi connectivity index (χ0n) is 8.34. The summed E-state index contributed by atoms with van der Waals surface area (Å²) in [6, 6.07) is 0. The summed E-state index contributed by atoms with van der Waals surface area (Å²) in [5, 5.41) is 9.57. The number of aliphatic hydroxyl groups excluding tert-OH is 1. The zero-order chi connectivity index (χ0) is 9.61. The van der Waals surface area contributed by atoms with E-state index in [2.05, 4.69) is 13.8 Å². The molecule has 0 amide bonds. The van der Waals surface area contributed by atoms with Crippen molar-refractivity contribution in [3.63, 3.8) is 0 Å². The highest BCUT2D eigenvalue weighted by atomic mass is 32.2. The minimum atomic E-state index is -0.377. The molecule has 3 heteroatoms. The molecule has 0 aromatic heterocycles. The van der Waals surface area contributed by atoms with Crippen molar-refractivity contribution in [3.05, 3.63) is 0 Å². The highest BCUT2D eigenvalue weighted by molar-refractivity contribution is 7.99. The summed E-state index contributed by atoms with van der Waals surface area (Å²) in [7, 11) is 0. The lowest BCUT2D eigenvalue weighted by atomic mass is 9.99. The van der Waals surface area contributed by atoms with Crippen LogP contribution in [0.3, 0.4) is 0 Å². The first kappa shape index (κ1) is 12.3. The Kier molecular flexibility index (Phi) is 5.97. The van der Waals surface area contributed by atoms with Gasteiger partial charge in [0.1, 0.15) is 0 Å². The maximum atomic E-state index is 8.87. The van der Waals surface area contributed by atoms with E-state index < -0.39 is 0 Å². The van der Waals surface area contributed by atoms with Crippen molar-refractivity contribution >= 4 is 11.8 Å². The first-order valence-electron chi connectivity index (χ1n) is 4.49. The van der Waals surface area contributed by atoms with Crippen LogP contribution in [0.2, 0.25) is 0 Å². The molecule has 0 saturated heterocycles. The van der Waals surface area contributed by atoms with Crippen molar-refractivity contribution in [1.29, 1.82) is 0 Å². The predicted octanol–water partition coefficient (Wildman–Crippen LogP) is 1.62. The third-order valence-corrected chi connectivity index (χ3v) is 2.90. The molecule has 3 N–H and O–H groups in total. The topological polar surface area (TPSA) is 46.2 Å². The van der Waals surface area contributed by atoms with Crippen molar-refractivity contribution in [2.45, 2.75) is 44.4 Å². The van der Waals surface area contributed by atoms with E-state index in [0.717, 1.165) is 18.6 Å². The normalized spacial score (nSPS) is 16.5. The van der Waals surface area contributed by atoms with Gasteiger partial charge >= 0.3 is 0 Å². The smallest absolute Gasteiger partial charge is 0.0608 e. The summed E-state index contributed by atoms with van der Waals surface area (Å²) >= 11 is 1.95. The van der Waals surface area contributed by atoms with Gasteiger partial charge in [-0.05, 0) is 30.8 Å². The fourth-order valence-corrected chi connectivity index (χ4v) is 1.66. The van der Waals surface area contributed by atoms with Gasteiger partial charge in [0.25, 0.3) is 0 Å². The molecule has 0 heterocycles. The minimum absolute atomic E-state index is 0.0827. The number of aliphatic hydroxyl groups is 1. The van der Waals surface area contributed by atoms with E-state index in [0.29, 0.717) is 5.25 Å².